The molecule has 1 aromatic carbocycles. The number of allylic oxidation sites excluding steroid dienone is 2. The van der Waals surface area contributed by atoms with Crippen LogP contribution in [0.15, 0.2) is 58.4 Å². The molecule has 1 aliphatic rings. The van der Waals surface area contributed by atoms with E-state index in [0.29, 0.717) is 17.7 Å². The van der Waals surface area contributed by atoms with Crippen LogP contribution in [0.4, 0.5) is 13.2 Å². The summed E-state index contributed by atoms with van der Waals surface area (Å²) in [5, 5.41) is 13.5. The molecular formula is C21H18F3N3O. The van der Waals surface area contributed by atoms with Gasteiger partial charge in [-0.1, -0.05) is 50.3 Å². The molecule has 0 N–H and O–H groups in total. The number of halogens is 3. The molecule has 0 atom stereocenters. The van der Waals surface area contributed by atoms with E-state index in [4.69, 9.17) is 0 Å². The molecule has 1 heterocycles. The Morgan fingerprint density at radius 2 is 1.89 bits per heavy atom. The van der Waals surface area contributed by atoms with E-state index in [0.717, 1.165) is 17.2 Å². The lowest BCUT2D eigenvalue weighted by molar-refractivity contribution is -0.137. The molecule has 144 valence electrons. The average molecular weight is 385 g/mol. The van der Waals surface area contributed by atoms with Crippen LogP contribution in [-0.4, -0.2) is 10.4 Å². The summed E-state index contributed by atoms with van der Waals surface area (Å²) < 4.78 is 41.2. The van der Waals surface area contributed by atoms with Gasteiger partial charge in [-0.2, -0.15) is 28.2 Å². The van der Waals surface area contributed by atoms with Crippen molar-refractivity contribution in [2.45, 2.75) is 32.9 Å². The molecule has 1 aromatic heterocycles. The molecule has 7 heteroatoms. The number of aromatic nitrogens is 1. The van der Waals surface area contributed by atoms with Crippen molar-refractivity contribution in [3.05, 3.63) is 70.0 Å². The maximum Gasteiger partial charge on any atom is 0.417 e. The fourth-order valence-electron chi connectivity index (χ4n) is 3.00. The SMILES string of the molecule is CC1(C)C=C/C(=N\n2c(-c3ccccc3)cc(C(F)(F)F)c(C#N)c2=O)CC1. The van der Waals surface area contributed by atoms with Crippen molar-refractivity contribution >= 4 is 5.71 Å². The van der Waals surface area contributed by atoms with Gasteiger partial charge < -0.3 is 0 Å². The third-order valence-corrected chi connectivity index (χ3v) is 4.65. The normalized spacial score (nSPS) is 17.5. The number of hydrogen-bond donors (Lipinski definition) is 0. The number of hydrogen-bond acceptors (Lipinski definition) is 3. The number of benzene rings is 1. The van der Waals surface area contributed by atoms with Crippen LogP contribution in [0.5, 0.6) is 0 Å². The van der Waals surface area contributed by atoms with Gasteiger partial charge in [0.2, 0.25) is 0 Å². The van der Waals surface area contributed by atoms with Gasteiger partial charge in [0, 0.05) is 5.56 Å². The Hall–Kier alpha value is -3.14. The van der Waals surface area contributed by atoms with E-state index in [-0.39, 0.29) is 11.1 Å². The Kier molecular flexibility index (Phi) is 4.99. The van der Waals surface area contributed by atoms with Crippen LogP contribution in [0.25, 0.3) is 11.3 Å². The largest absolute Gasteiger partial charge is 0.417 e. The van der Waals surface area contributed by atoms with Crippen molar-refractivity contribution in [2.24, 2.45) is 10.5 Å². The molecule has 0 amide bonds. The Bertz CT molecular complexity index is 1060. The predicted molar refractivity (Wildman–Crippen MR) is 101 cm³/mol. The quantitative estimate of drug-likeness (QED) is 0.732. The van der Waals surface area contributed by atoms with Crippen molar-refractivity contribution in [3.63, 3.8) is 0 Å². The Morgan fingerprint density at radius 3 is 2.43 bits per heavy atom. The van der Waals surface area contributed by atoms with Crippen LogP contribution in [0.2, 0.25) is 0 Å². The van der Waals surface area contributed by atoms with Gasteiger partial charge in [-0.15, -0.1) is 0 Å². The lowest BCUT2D eigenvalue weighted by Crippen LogP contribution is -2.27. The highest BCUT2D eigenvalue weighted by molar-refractivity contribution is 5.95. The second kappa shape index (κ2) is 7.12. The van der Waals surface area contributed by atoms with Gasteiger partial charge in [-0.05, 0) is 30.4 Å². The van der Waals surface area contributed by atoms with Crippen LogP contribution in [0, 0.1) is 16.7 Å². The minimum Gasteiger partial charge on any atom is -0.266 e. The minimum atomic E-state index is -4.82. The topological polar surface area (TPSA) is 58.1 Å². The second-order valence-corrected chi connectivity index (χ2v) is 7.32. The molecule has 1 aliphatic carbocycles. The molecule has 0 bridgehead atoms. The van der Waals surface area contributed by atoms with E-state index in [1.807, 2.05) is 6.08 Å². The molecule has 2 aromatic rings. The molecule has 0 spiro atoms. The summed E-state index contributed by atoms with van der Waals surface area (Å²) in [5.41, 5.74) is -2.34. The monoisotopic (exact) mass is 385 g/mol. The fraction of sp³-hybridized carbons (Fsp3) is 0.286. The number of alkyl halides is 3. The molecule has 0 radical (unpaired) electrons. The Balaban J connectivity index is 2.30. The van der Waals surface area contributed by atoms with Crippen LogP contribution in [0.3, 0.4) is 0 Å². The standard InChI is InChI=1S/C21H18F3N3O/c1-20(2)10-8-15(9-11-20)26-27-18(14-6-4-3-5-7-14)12-17(21(22,23)24)16(13-25)19(27)28/h3-8,10,12H,9,11H2,1-2H3/b26-15+. The van der Waals surface area contributed by atoms with Gasteiger partial charge >= 0.3 is 6.18 Å². The maximum absolute atomic E-state index is 13.4. The first-order valence-corrected chi connectivity index (χ1v) is 8.72. The molecular weight excluding hydrogens is 367 g/mol. The summed E-state index contributed by atoms with van der Waals surface area (Å²) in [6.07, 6.45) is 0.275. The summed E-state index contributed by atoms with van der Waals surface area (Å²) in [6, 6.07) is 10.4. The van der Waals surface area contributed by atoms with Crippen LogP contribution in [-0.2, 0) is 6.18 Å². The highest BCUT2D eigenvalue weighted by Gasteiger charge is 2.36. The van der Waals surface area contributed by atoms with E-state index in [9.17, 15) is 23.2 Å². The lowest BCUT2D eigenvalue weighted by Gasteiger charge is -2.24. The lowest BCUT2D eigenvalue weighted by atomic mass is 9.82. The van der Waals surface area contributed by atoms with Crippen molar-refractivity contribution in [2.75, 3.05) is 0 Å². The van der Waals surface area contributed by atoms with Crippen molar-refractivity contribution in [1.29, 1.82) is 5.26 Å². The van der Waals surface area contributed by atoms with Crippen LogP contribution in [0.1, 0.15) is 37.8 Å². The molecule has 0 saturated heterocycles. The zero-order chi connectivity index (χ0) is 20.5. The number of nitrogens with zero attached hydrogens (tertiary/aromatic N) is 3. The number of pyridine rings is 1. The minimum absolute atomic E-state index is 0.00972. The van der Waals surface area contributed by atoms with E-state index in [1.165, 1.54) is 6.07 Å². The van der Waals surface area contributed by atoms with Crippen molar-refractivity contribution in [1.82, 2.24) is 4.68 Å². The van der Waals surface area contributed by atoms with Gasteiger partial charge in [0.25, 0.3) is 5.56 Å². The molecule has 0 unspecified atom stereocenters. The van der Waals surface area contributed by atoms with Crippen molar-refractivity contribution in [3.8, 4) is 17.3 Å². The molecule has 4 nitrogen and oxygen atoms in total. The zero-order valence-electron chi connectivity index (χ0n) is 15.4. The maximum atomic E-state index is 13.4. The van der Waals surface area contributed by atoms with Gasteiger partial charge in [0.05, 0.1) is 17.0 Å². The Labute approximate surface area is 160 Å². The van der Waals surface area contributed by atoms with Gasteiger partial charge in [-0.25, -0.2) is 0 Å². The van der Waals surface area contributed by atoms with E-state index >= 15 is 0 Å². The average Bonchev–Trinajstić information content (AvgIpc) is 2.64. The smallest absolute Gasteiger partial charge is 0.266 e. The fourth-order valence-corrected chi connectivity index (χ4v) is 3.00. The van der Waals surface area contributed by atoms with Gasteiger partial charge in [-0.3, -0.25) is 4.79 Å². The predicted octanol–water partition coefficient (Wildman–Crippen LogP) is 4.99. The number of nitriles is 1. The first-order valence-electron chi connectivity index (χ1n) is 8.72. The summed E-state index contributed by atoms with van der Waals surface area (Å²) in [7, 11) is 0. The molecule has 0 saturated carbocycles. The highest BCUT2D eigenvalue weighted by Crippen LogP contribution is 2.34. The zero-order valence-corrected chi connectivity index (χ0v) is 15.4. The first-order chi connectivity index (χ1) is 13.1. The van der Waals surface area contributed by atoms with E-state index in [1.54, 1.807) is 36.4 Å². The van der Waals surface area contributed by atoms with Crippen LogP contribution >= 0.6 is 0 Å². The summed E-state index contributed by atoms with van der Waals surface area (Å²) in [5.74, 6) is 0. The van der Waals surface area contributed by atoms with Crippen LogP contribution < -0.4 is 5.56 Å². The first kappa shape index (κ1) is 19.6. The van der Waals surface area contributed by atoms with Crippen molar-refractivity contribution < 1.29 is 13.2 Å². The highest BCUT2D eigenvalue weighted by atomic mass is 19.4. The molecule has 0 fully saturated rings. The molecule has 0 aliphatic heterocycles. The summed E-state index contributed by atoms with van der Waals surface area (Å²) in [6.45, 7) is 4.13. The summed E-state index contributed by atoms with van der Waals surface area (Å²) >= 11 is 0. The van der Waals surface area contributed by atoms with Gasteiger partial charge in [0.15, 0.2) is 0 Å². The number of rotatable bonds is 2. The third kappa shape index (κ3) is 3.91. The molecule has 3 rings (SSSR count). The van der Waals surface area contributed by atoms with E-state index in [2.05, 4.69) is 18.9 Å². The molecule has 28 heavy (non-hydrogen) atoms. The van der Waals surface area contributed by atoms with Gasteiger partial charge in [0.1, 0.15) is 11.6 Å². The summed E-state index contributed by atoms with van der Waals surface area (Å²) in [4.78, 5) is 12.8. The second-order valence-electron chi connectivity index (χ2n) is 7.32. The Morgan fingerprint density at radius 1 is 1.21 bits per heavy atom. The third-order valence-electron chi connectivity index (χ3n) is 4.65. The van der Waals surface area contributed by atoms with E-state index < -0.39 is 22.9 Å².